The van der Waals surface area contributed by atoms with Crippen LogP contribution in [0.5, 0.6) is 0 Å². The fourth-order valence-corrected chi connectivity index (χ4v) is 2.50. The van der Waals surface area contributed by atoms with Gasteiger partial charge in [-0.3, -0.25) is 4.79 Å². The first-order chi connectivity index (χ1) is 9.15. The van der Waals surface area contributed by atoms with Crippen molar-refractivity contribution in [2.45, 2.75) is 25.8 Å². The third-order valence-electron chi connectivity index (χ3n) is 3.84. The van der Waals surface area contributed by atoms with Gasteiger partial charge in [0.2, 0.25) is 5.91 Å². The van der Waals surface area contributed by atoms with E-state index in [2.05, 4.69) is 10.6 Å². The van der Waals surface area contributed by atoms with E-state index < -0.39 is 0 Å². The molecule has 4 heteroatoms. The SMILES string of the molecule is CC1(C(=O)NC(CO)c2ccccc2)CCCNC1. The molecule has 1 aromatic rings. The number of aliphatic hydroxyl groups is 1. The minimum Gasteiger partial charge on any atom is -0.394 e. The van der Waals surface area contributed by atoms with E-state index in [1.165, 1.54) is 0 Å². The molecule has 2 atom stereocenters. The highest BCUT2D eigenvalue weighted by molar-refractivity contribution is 5.83. The lowest BCUT2D eigenvalue weighted by molar-refractivity contribution is -0.132. The minimum absolute atomic E-state index is 0.0163. The highest BCUT2D eigenvalue weighted by Crippen LogP contribution is 2.26. The van der Waals surface area contributed by atoms with Gasteiger partial charge in [-0.1, -0.05) is 30.3 Å². The number of nitrogens with one attached hydrogen (secondary N) is 2. The normalized spacial score (nSPS) is 24.7. The van der Waals surface area contributed by atoms with Gasteiger partial charge in [-0.05, 0) is 31.9 Å². The Morgan fingerprint density at radius 2 is 2.21 bits per heavy atom. The Labute approximate surface area is 114 Å². The zero-order valence-corrected chi connectivity index (χ0v) is 11.4. The number of carbonyl (C=O) groups excluding carboxylic acids is 1. The van der Waals surface area contributed by atoms with Crippen LogP contribution in [-0.4, -0.2) is 30.7 Å². The molecular formula is C15H22N2O2. The Balaban J connectivity index is 2.04. The summed E-state index contributed by atoms with van der Waals surface area (Å²) in [6.07, 6.45) is 1.90. The lowest BCUT2D eigenvalue weighted by atomic mass is 9.81. The molecule has 0 saturated carbocycles. The number of piperidine rings is 1. The first-order valence-electron chi connectivity index (χ1n) is 6.83. The summed E-state index contributed by atoms with van der Waals surface area (Å²) in [5.41, 5.74) is 0.561. The van der Waals surface area contributed by atoms with E-state index in [0.717, 1.165) is 24.9 Å². The van der Waals surface area contributed by atoms with Gasteiger partial charge in [0.25, 0.3) is 0 Å². The van der Waals surface area contributed by atoms with Crippen LogP contribution in [0.4, 0.5) is 0 Å². The highest BCUT2D eigenvalue weighted by Gasteiger charge is 2.35. The van der Waals surface area contributed by atoms with E-state index in [1.807, 2.05) is 37.3 Å². The van der Waals surface area contributed by atoms with Crippen LogP contribution in [0.1, 0.15) is 31.4 Å². The van der Waals surface area contributed by atoms with E-state index >= 15 is 0 Å². The van der Waals surface area contributed by atoms with Gasteiger partial charge in [0.05, 0.1) is 18.1 Å². The summed E-state index contributed by atoms with van der Waals surface area (Å²) < 4.78 is 0. The van der Waals surface area contributed by atoms with Crippen LogP contribution >= 0.6 is 0 Å². The molecule has 104 valence electrons. The lowest BCUT2D eigenvalue weighted by Gasteiger charge is -2.34. The molecule has 1 amide bonds. The second-order valence-electron chi connectivity index (χ2n) is 5.46. The number of benzene rings is 1. The van der Waals surface area contributed by atoms with Gasteiger partial charge in [-0.25, -0.2) is 0 Å². The van der Waals surface area contributed by atoms with Crippen LogP contribution in [0, 0.1) is 5.41 Å². The summed E-state index contributed by atoms with van der Waals surface area (Å²) in [5.74, 6) is 0.0163. The van der Waals surface area contributed by atoms with Crippen LogP contribution in [0.2, 0.25) is 0 Å². The summed E-state index contributed by atoms with van der Waals surface area (Å²) in [6, 6.07) is 9.26. The third-order valence-corrected chi connectivity index (χ3v) is 3.84. The molecule has 0 bridgehead atoms. The molecule has 2 unspecified atom stereocenters. The van der Waals surface area contributed by atoms with Gasteiger partial charge < -0.3 is 15.7 Å². The van der Waals surface area contributed by atoms with E-state index in [9.17, 15) is 9.90 Å². The first-order valence-corrected chi connectivity index (χ1v) is 6.83. The Kier molecular flexibility index (Phi) is 4.56. The molecule has 0 aromatic heterocycles. The zero-order chi connectivity index (χ0) is 13.7. The fraction of sp³-hybridized carbons (Fsp3) is 0.533. The van der Waals surface area contributed by atoms with Gasteiger partial charge in [0.1, 0.15) is 0 Å². The van der Waals surface area contributed by atoms with Crippen molar-refractivity contribution in [2.75, 3.05) is 19.7 Å². The van der Waals surface area contributed by atoms with Gasteiger partial charge in [-0.2, -0.15) is 0 Å². The summed E-state index contributed by atoms with van der Waals surface area (Å²) in [7, 11) is 0. The Hall–Kier alpha value is -1.39. The summed E-state index contributed by atoms with van der Waals surface area (Å²) >= 11 is 0. The molecule has 19 heavy (non-hydrogen) atoms. The molecule has 1 saturated heterocycles. The van der Waals surface area contributed by atoms with Gasteiger partial charge in [0, 0.05) is 6.54 Å². The largest absolute Gasteiger partial charge is 0.394 e. The zero-order valence-electron chi connectivity index (χ0n) is 11.4. The average molecular weight is 262 g/mol. The van der Waals surface area contributed by atoms with Crippen molar-refractivity contribution in [1.29, 1.82) is 0 Å². The Morgan fingerprint density at radius 1 is 1.47 bits per heavy atom. The maximum Gasteiger partial charge on any atom is 0.227 e. The molecule has 1 heterocycles. The van der Waals surface area contributed by atoms with Gasteiger partial charge in [-0.15, -0.1) is 0 Å². The number of hydrogen-bond acceptors (Lipinski definition) is 3. The van der Waals surface area contributed by atoms with Gasteiger partial charge in [0.15, 0.2) is 0 Å². The number of rotatable bonds is 4. The standard InChI is InChI=1S/C15H22N2O2/c1-15(8-5-9-16-11-15)14(19)17-13(10-18)12-6-3-2-4-7-12/h2-4,6-7,13,16,18H,5,8-11H2,1H3,(H,17,19). The van der Waals surface area contributed by atoms with Crippen molar-refractivity contribution in [3.05, 3.63) is 35.9 Å². The van der Waals surface area contributed by atoms with Crippen molar-refractivity contribution in [1.82, 2.24) is 10.6 Å². The topological polar surface area (TPSA) is 61.4 Å². The fourth-order valence-electron chi connectivity index (χ4n) is 2.50. The van der Waals surface area contributed by atoms with E-state index in [0.29, 0.717) is 6.54 Å². The molecule has 1 aromatic carbocycles. The maximum atomic E-state index is 12.4. The average Bonchev–Trinajstić information content (AvgIpc) is 2.46. The molecule has 4 nitrogen and oxygen atoms in total. The molecule has 0 radical (unpaired) electrons. The van der Waals surface area contributed by atoms with Crippen LogP contribution in [0.25, 0.3) is 0 Å². The van der Waals surface area contributed by atoms with Crippen molar-refractivity contribution in [3.8, 4) is 0 Å². The van der Waals surface area contributed by atoms with Crippen molar-refractivity contribution < 1.29 is 9.90 Å². The number of carbonyl (C=O) groups is 1. The summed E-state index contributed by atoms with van der Waals surface area (Å²) in [5, 5.41) is 15.7. The monoisotopic (exact) mass is 262 g/mol. The molecule has 2 rings (SSSR count). The number of amides is 1. The quantitative estimate of drug-likeness (QED) is 0.765. The smallest absolute Gasteiger partial charge is 0.227 e. The molecule has 1 fully saturated rings. The van der Waals surface area contributed by atoms with Crippen LogP contribution < -0.4 is 10.6 Å². The maximum absolute atomic E-state index is 12.4. The van der Waals surface area contributed by atoms with Crippen molar-refractivity contribution in [2.24, 2.45) is 5.41 Å². The second-order valence-corrected chi connectivity index (χ2v) is 5.46. The molecule has 1 aliphatic rings. The predicted octanol–water partition coefficient (Wildman–Crippen LogP) is 1.23. The molecule has 0 aliphatic carbocycles. The van der Waals surface area contributed by atoms with E-state index in [4.69, 9.17) is 0 Å². The minimum atomic E-state index is -0.375. The summed E-state index contributed by atoms with van der Waals surface area (Å²) in [4.78, 5) is 12.4. The van der Waals surface area contributed by atoms with Crippen LogP contribution in [-0.2, 0) is 4.79 Å². The Bertz CT molecular complexity index is 413. The van der Waals surface area contributed by atoms with Crippen LogP contribution in [0.3, 0.4) is 0 Å². The summed E-state index contributed by atoms with van der Waals surface area (Å²) in [6.45, 7) is 3.57. The molecule has 3 N–H and O–H groups in total. The first kappa shape index (κ1) is 14.0. The van der Waals surface area contributed by atoms with Gasteiger partial charge >= 0.3 is 0 Å². The molecule has 0 spiro atoms. The number of hydrogen-bond donors (Lipinski definition) is 3. The predicted molar refractivity (Wildman–Crippen MR) is 74.6 cm³/mol. The highest BCUT2D eigenvalue weighted by atomic mass is 16.3. The van der Waals surface area contributed by atoms with Crippen molar-refractivity contribution in [3.63, 3.8) is 0 Å². The van der Waals surface area contributed by atoms with E-state index in [1.54, 1.807) is 0 Å². The Morgan fingerprint density at radius 3 is 2.79 bits per heavy atom. The second kappa shape index (κ2) is 6.17. The number of aliphatic hydroxyl groups excluding tert-OH is 1. The lowest BCUT2D eigenvalue weighted by Crippen LogP contribution is -2.49. The third kappa shape index (κ3) is 3.33. The van der Waals surface area contributed by atoms with Crippen molar-refractivity contribution >= 4 is 5.91 Å². The molecular weight excluding hydrogens is 240 g/mol. The van der Waals surface area contributed by atoms with Crippen LogP contribution in [0.15, 0.2) is 30.3 Å². The molecule has 1 aliphatic heterocycles. The van der Waals surface area contributed by atoms with E-state index in [-0.39, 0.29) is 24.0 Å².